The Morgan fingerprint density at radius 1 is 1.00 bits per heavy atom. The summed E-state index contributed by atoms with van der Waals surface area (Å²) in [6.07, 6.45) is 2.85. The average molecular weight is 479 g/mol. The molecule has 0 aliphatic carbocycles. The van der Waals surface area contributed by atoms with Crippen LogP contribution in [0.1, 0.15) is 16.9 Å². The second kappa shape index (κ2) is 9.34. The monoisotopic (exact) mass is 479 g/mol. The largest absolute Gasteiger partial charge is 0.456 e. The molecule has 0 aliphatic rings. The molecule has 5 rings (SSSR count). The van der Waals surface area contributed by atoms with Crippen LogP contribution in [0.4, 0.5) is 11.4 Å². The number of fused-ring (bicyclic) bond motifs is 1. The van der Waals surface area contributed by atoms with Gasteiger partial charge in [0.15, 0.2) is 5.58 Å². The van der Waals surface area contributed by atoms with Gasteiger partial charge in [-0.3, -0.25) is 14.9 Å². The number of carbonyl (C=O) groups is 1. The SMILES string of the molecule is Cc1ccc2oc(-c3ccc(C)c(NC(=O)C=Cc4ccc(-c5ccccc5[N+](=O)[O-])o4)c3)nc2c1. The number of carbonyl (C=O) groups excluding carboxylic acids is 1. The Morgan fingerprint density at radius 3 is 2.67 bits per heavy atom. The van der Waals surface area contributed by atoms with Crippen LogP contribution >= 0.6 is 0 Å². The van der Waals surface area contributed by atoms with Crippen LogP contribution in [-0.2, 0) is 4.79 Å². The number of anilines is 1. The molecule has 8 nitrogen and oxygen atoms in total. The number of nitrogens with one attached hydrogen (secondary N) is 1. The number of rotatable bonds is 6. The predicted molar refractivity (Wildman–Crippen MR) is 137 cm³/mol. The van der Waals surface area contributed by atoms with E-state index < -0.39 is 4.92 Å². The van der Waals surface area contributed by atoms with Crippen molar-refractivity contribution in [3.8, 4) is 22.8 Å². The van der Waals surface area contributed by atoms with Crippen molar-refractivity contribution in [2.24, 2.45) is 0 Å². The van der Waals surface area contributed by atoms with Gasteiger partial charge in [-0.05, 0) is 73.5 Å². The van der Waals surface area contributed by atoms with Crippen molar-refractivity contribution in [1.29, 1.82) is 0 Å². The first-order valence-electron chi connectivity index (χ1n) is 11.2. The predicted octanol–water partition coefficient (Wildman–Crippen LogP) is 6.93. The summed E-state index contributed by atoms with van der Waals surface area (Å²) in [5.41, 5.74) is 5.13. The van der Waals surface area contributed by atoms with E-state index in [0.29, 0.717) is 34.2 Å². The molecule has 0 saturated carbocycles. The lowest BCUT2D eigenvalue weighted by molar-refractivity contribution is -0.384. The molecule has 0 spiro atoms. The van der Waals surface area contributed by atoms with Gasteiger partial charge in [-0.15, -0.1) is 0 Å². The van der Waals surface area contributed by atoms with Crippen LogP contribution in [0.2, 0.25) is 0 Å². The smallest absolute Gasteiger partial charge is 0.280 e. The summed E-state index contributed by atoms with van der Waals surface area (Å²) in [5, 5.41) is 14.1. The van der Waals surface area contributed by atoms with E-state index in [1.165, 1.54) is 18.2 Å². The minimum atomic E-state index is -0.459. The summed E-state index contributed by atoms with van der Waals surface area (Å²) < 4.78 is 11.6. The Bertz CT molecular complexity index is 1640. The molecular weight excluding hydrogens is 458 g/mol. The maximum absolute atomic E-state index is 12.6. The van der Waals surface area contributed by atoms with E-state index in [0.717, 1.165) is 22.2 Å². The van der Waals surface area contributed by atoms with Crippen molar-refractivity contribution in [3.63, 3.8) is 0 Å². The number of aryl methyl sites for hydroxylation is 2. The molecule has 2 heterocycles. The number of para-hydroxylation sites is 1. The third kappa shape index (κ3) is 4.65. The maximum Gasteiger partial charge on any atom is 0.280 e. The molecule has 178 valence electrons. The number of nitrogens with zero attached hydrogens (tertiary/aromatic N) is 2. The highest BCUT2D eigenvalue weighted by Crippen LogP contribution is 2.31. The van der Waals surface area contributed by atoms with Crippen LogP contribution in [0.25, 0.3) is 40.0 Å². The number of furan rings is 1. The lowest BCUT2D eigenvalue weighted by Gasteiger charge is -2.07. The van der Waals surface area contributed by atoms with Gasteiger partial charge in [0, 0.05) is 23.4 Å². The molecule has 1 amide bonds. The van der Waals surface area contributed by atoms with Gasteiger partial charge in [0.2, 0.25) is 11.8 Å². The van der Waals surface area contributed by atoms with Crippen molar-refractivity contribution in [2.75, 3.05) is 5.32 Å². The van der Waals surface area contributed by atoms with E-state index >= 15 is 0 Å². The fourth-order valence-electron chi connectivity index (χ4n) is 3.81. The van der Waals surface area contributed by atoms with Crippen LogP contribution in [0.3, 0.4) is 0 Å². The van der Waals surface area contributed by atoms with Gasteiger partial charge in [-0.2, -0.15) is 0 Å². The Kier molecular flexibility index (Phi) is 5.92. The summed E-state index contributed by atoms with van der Waals surface area (Å²) in [5.74, 6) is 0.858. The van der Waals surface area contributed by atoms with Crippen LogP contribution in [0, 0.1) is 24.0 Å². The molecule has 2 aromatic heterocycles. The fourth-order valence-corrected chi connectivity index (χ4v) is 3.81. The normalized spacial score (nSPS) is 11.3. The van der Waals surface area contributed by atoms with Crippen LogP contribution in [0.15, 0.2) is 87.7 Å². The van der Waals surface area contributed by atoms with E-state index in [9.17, 15) is 14.9 Å². The highest BCUT2D eigenvalue weighted by molar-refractivity contribution is 6.02. The Labute approximate surface area is 206 Å². The summed E-state index contributed by atoms with van der Waals surface area (Å²) in [6.45, 7) is 3.89. The molecule has 36 heavy (non-hydrogen) atoms. The maximum atomic E-state index is 12.6. The van der Waals surface area contributed by atoms with Crippen LogP contribution in [0.5, 0.6) is 0 Å². The molecule has 0 aliphatic heterocycles. The summed E-state index contributed by atoms with van der Waals surface area (Å²) >= 11 is 0. The second-order valence-electron chi connectivity index (χ2n) is 8.32. The standard InChI is InChI=1S/C28H21N3O5/c1-17-7-12-26-23(15-17)30-28(36-26)19-9-8-18(2)22(16-19)29-27(32)14-11-20-10-13-25(35-20)21-5-3-4-6-24(21)31(33)34/h3-16H,1-2H3,(H,29,32). The molecule has 0 unspecified atom stereocenters. The lowest BCUT2D eigenvalue weighted by atomic mass is 10.1. The van der Waals surface area contributed by atoms with Crippen molar-refractivity contribution >= 4 is 34.5 Å². The lowest BCUT2D eigenvalue weighted by Crippen LogP contribution is -2.09. The molecule has 5 aromatic rings. The van der Waals surface area contributed by atoms with E-state index in [4.69, 9.17) is 8.83 Å². The molecule has 1 N–H and O–H groups in total. The molecule has 0 atom stereocenters. The Balaban J connectivity index is 1.33. The van der Waals surface area contributed by atoms with Crippen LogP contribution < -0.4 is 5.32 Å². The summed E-state index contributed by atoms with van der Waals surface area (Å²) in [7, 11) is 0. The van der Waals surface area contributed by atoms with Gasteiger partial charge < -0.3 is 14.2 Å². The molecule has 8 heteroatoms. The van der Waals surface area contributed by atoms with Gasteiger partial charge in [0.05, 0.1) is 10.5 Å². The molecule has 0 radical (unpaired) electrons. The zero-order valence-electron chi connectivity index (χ0n) is 19.5. The number of nitro benzene ring substituents is 1. The highest BCUT2D eigenvalue weighted by atomic mass is 16.6. The van der Waals surface area contributed by atoms with E-state index in [2.05, 4.69) is 10.3 Å². The number of nitro groups is 1. The van der Waals surface area contributed by atoms with Gasteiger partial charge in [-0.25, -0.2) is 4.98 Å². The number of amides is 1. The molecular formula is C28H21N3O5. The number of oxazole rings is 1. The van der Waals surface area contributed by atoms with Crippen molar-refractivity contribution in [2.45, 2.75) is 13.8 Å². The van der Waals surface area contributed by atoms with Gasteiger partial charge in [0.1, 0.15) is 17.0 Å². The van der Waals surface area contributed by atoms with Gasteiger partial charge >= 0.3 is 0 Å². The quantitative estimate of drug-likeness (QED) is 0.161. The van der Waals surface area contributed by atoms with Gasteiger partial charge in [0.25, 0.3) is 5.69 Å². The number of benzene rings is 3. The zero-order chi connectivity index (χ0) is 25.2. The summed E-state index contributed by atoms with van der Waals surface area (Å²) in [4.78, 5) is 28.0. The third-order valence-electron chi connectivity index (χ3n) is 5.68. The van der Waals surface area contributed by atoms with Crippen molar-refractivity contribution in [1.82, 2.24) is 4.98 Å². The average Bonchev–Trinajstić information content (AvgIpc) is 3.51. The first-order chi connectivity index (χ1) is 17.4. The van der Waals surface area contributed by atoms with E-state index in [-0.39, 0.29) is 11.6 Å². The van der Waals surface area contributed by atoms with Crippen molar-refractivity contribution < 1.29 is 18.6 Å². The van der Waals surface area contributed by atoms with E-state index in [1.807, 2.05) is 50.2 Å². The molecule has 0 saturated heterocycles. The first-order valence-corrected chi connectivity index (χ1v) is 11.2. The number of aromatic nitrogens is 1. The zero-order valence-corrected chi connectivity index (χ0v) is 19.5. The van der Waals surface area contributed by atoms with Crippen LogP contribution in [-0.4, -0.2) is 15.8 Å². The summed E-state index contributed by atoms with van der Waals surface area (Å²) in [6, 6.07) is 21.0. The Hall–Kier alpha value is -4.98. The molecule has 0 bridgehead atoms. The topological polar surface area (TPSA) is 111 Å². The minimum Gasteiger partial charge on any atom is -0.456 e. The fraction of sp³-hybridized carbons (Fsp3) is 0.0714. The third-order valence-corrected chi connectivity index (χ3v) is 5.68. The van der Waals surface area contributed by atoms with Crippen molar-refractivity contribution in [3.05, 3.63) is 106 Å². The molecule has 3 aromatic carbocycles. The second-order valence-corrected chi connectivity index (χ2v) is 8.32. The first kappa shape index (κ1) is 22.8. The van der Waals surface area contributed by atoms with Gasteiger partial charge in [-0.1, -0.05) is 24.3 Å². The molecule has 0 fully saturated rings. The highest BCUT2D eigenvalue weighted by Gasteiger charge is 2.17. The number of hydrogen-bond donors (Lipinski definition) is 1. The van der Waals surface area contributed by atoms with E-state index in [1.54, 1.807) is 30.3 Å². The minimum absolute atomic E-state index is 0.0513. The Morgan fingerprint density at radius 2 is 1.83 bits per heavy atom. The number of hydrogen-bond acceptors (Lipinski definition) is 6.